The summed E-state index contributed by atoms with van der Waals surface area (Å²) in [5, 5.41) is 0.402. The van der Waals surface area contributed by atoms with E-state index in [1.54, 1.807) is 13.2 Å². The Morgan fingerprint density at radius 3 is 2.79 bits per heavy atom. The Balaban J connectivity index is 2.37. The highest BCUT2D eigenvalue weighted by Gasteiger charge is 2.07. The minimum Gasteiger partial charge on any atom is -0.494 e. The van der Waals surface area contributed by atoms with Gasteiger partial charge in [0.15, 0.2) is 5.82 Å². The first-order valence-corrected chi connectivity index (χ1v) is 6.36. The van der Waals surface area contributed by atoms with Gasteiger partial charge in [0.2, 0.25) is 0 Å². The lowest BCUT2D eigenvalue weighted by atomic mass is 10.2. The van der Waals surface area contributed by atoms with E-state index in [0.29, 0.717) is 24.2 Å². The van der Waals surface area contributed by atoms with Crippen molar-refractivity contribution in [3.05, 3.63) is 41.2 Å². The molecule has 4 nitrogen and oxygen atoms in total. The summed E-state index contributed by atoms with van der Waals surface area (Å²) in [5.74, 6) is 1.36. The van der Waals surface area contributed by atoms with Crippen molar-refractivity contribution in [2.45, 2.75) is 13.5 Å². The monoisotopic (exact) mass is 278 g/mol. The van der Waals surface area contributed by atoms with E-state index in [1.807, 2.05) is 31.2 Å². The Labute approximate surface area is 117 Å². The van der Waals surface area contributed by atoms with Crippen molar-refractivity contribution in [2.75, 3.05) is 13.7 Å². The van der Waals surface area contributed by atoms with Crippen molar-refractivity contribution in [1.82, 2.24) is 9.97 Å². The maximum Gasteiger partial charge on any atom is 0.161 e. The number of hydrogen-bond acceptors (Lipinski definition) is 4. The van der Waals surface area contributed by atoms with E-state index in [4.69, 9.17) is 21.1 Å². The molecule has 2 rings (SSSR count). The lowest BCUT2D eigenvalue weighted by Gasteiger charge is -2.07. The van der Waals surface area contributed by atoms with Gasteiger partial charge in [-0.15, -0.1) is 0 Å². The normalized spacial score (nSPS) is 10.5. The van der Waals surface area contributed by atoms with Gasteiger partial charge in [0.1, 0.15) is 10.9 Å². The Bertz CT molecular complexity index is 561. The van der Waals surface area contributed by atoms with Crippen LogP contribution in [0.25, 0.3) is 11.4 Å². The summed E-state index contributed by atoms with van der Waals surface area (Å²) in [7, 11) is 1.62. The fourth-order valence-electron chi connectivity index (χ4n) is 1.71. The van der Waals surface area contributed by atoms with Crippen LogP contribution >= 0.6 is 11.6 Å². The molecule has 0 aliphatic heterocycles. The summed E-state index contributed by atoms with van der Waals surface area (Å²) in [5.41, 5.74) is 1.62. The average Bonchev–Trinajstić information content (AvgIpc) is 2.39. The Hall–Kier alpha value is -1.65. The molecule has 0 spiro atoms. The first kappa shape index (κ1) is 13.8. The zero-order chi connectivity index (χ0) is 13.7. The van der Waals surface area contributed by atoms with Gasteiger partial charge >= 0.3 is 0 Å². The minimum absolute atomic E-state index is 0.402. The van der Waals surface area contributed by atoms with Crippen LogP contribution in [0.15, 0.2) is 30.3 Å². The van der Waals surface area contributed by atoms with Crippen molar-refractivity contribution in [1.29, 1.82) is 0 Å². The molecule has 0 radical (unpaired) electrons. The van der Waals surface area contributed by atoms with Gasteiger partial charge in [-0.05, 0) is 25.1 Å². The lowest BCUT2D eigenvalue weighted by Crippen LogP contribution is -1.98. The second kappa shape index (κ2) is 6.50. The van der Waals surface area contributed by atoms with Gasteiger partial charge in [-0.3, -0.25) is 0 Å². The SMILES string of the molecule is CCOc1cccc(-c2nc(Cl)cc(COC)n2)c1. The van der Waals surface area contributed by atoms with Crippen LogP contribution in [0.4, 0.5) is 0 Å². The summed E-state index contributed by atoms with van der Waals surface area (Å²) >= 11 is 6.00. The topological polar surface area (TPSA) is 44.2 Å². The molecule has 0 fully saturated rings. The van der Waals surface area contributed by atoms with Crippen LogP contribution in [0.3, 0.4) is 0 Å². The Morgan fingerprint density at radius 1 is 1.21 bits per heavy atom. The fraction of sp³-hybridized carbons (Fsp3) is 0.286. The molecule has 0 amide bonds. The summed E-state index contributed by atoms with van der Waals surface area (Å²) < 4.78 is 10.5. The van der Waals surface area contributed by atoms with Gasteiger partial charge in [0.05, 0.1) is 18.9 Å². The Kier molecular flexibility index (Phi) is 4.71. The van der Waals surface area contributed by atoms with Crippen LogP contribution in [0.5, 0.6) is 5.75 Å². The Morgan fingerprint density at radius 2 is 2.05 bits per heavy atom. The number of nitrogens with zero attached hydrogens (tertiary/aromatic N) is 2. The molecule has 0 bridgehead atoms. The molecule has 5 heteroatoms. The third-order valence-electron chi connectivity index (χ3n) is 2.44. The first-order chi connectivity index (χ1) is 9.22. The second-order valence-corrected chi connectivity index (χ2v) is 4.29. The van der Waals surface area contributed by atoms with Crippen molar-refractivity contribution in [2.24, 2.45) is 0 Å². The molecule has 0 N–H and O–H groups in total. The molecule has 1 heterocycles. The first-order valence-electron chi connectivity index (χ1n) is 5.98. The van der Waals surface area contributed by atoms with Crippen molar-refractivity contribution < 1.29 is 9.47 Å². The summed E-state index contributed by atoms with van der Waals surface area (Å²) in [6.45, 7) is 2.97. The summed E-state index contributed by atoms with van der Waals surface area (Å²) in [6.07, 6.45) is 0. The number of benzene rings is 1. The van der Waals surface area contributed by atoms with E-state index in [-0.39, 0.29) is 0 Å². The van der Waals surface area contributed by atoms with E-state index in [9.17, 15) is 0 Å². The molecule has 0 aliphatic carbocycles. The van der Waals surface area contributed by atoms with Gasteiger partial charge in [0, 0.05) is 12.7 Å². The minimum atomic E-state index is 0.402. The van der Waals surface area contributed by atoms with Gasteiger partial charge < -0.3 is 9.47 Å². The highest BCUT2D eigenvalue weighted by Crippen LogP contribution is 2.22. The van der Waals surface area contributed by atoms with Crippen LogP contribution in [0.2, 0.25) is 5.15 Å². The van der Waals surface area contributed by atoms with Crippen LogP contribution in [0.1, 0.15) is 12.6 Å². The zero-order valence-electron chi connectivity index (χ0n) is 10.9. The molecular formula is C14H15ClN2O2. The number of rotatable bonds is 5. The maximum absolute atomic E-state index is 6.00. The quantitative estimate of drug-likeness (QED) is 0.787. The van der Waals surface area contributed by atoms with Crippen LogP contribution in [0, 0.1) is 0 Å². The van der Waals surface area contributed by atoms with Gasteiger partial charge in [-0.2, -0.15) is 0 Å². The van der Waals surface area contributed by atoms with E-state index in [0.717, 1.165) is 17.0 Å². The van der Waals surface area contributed by atoms with Gasteiger partial charge in [-0.1, -0.05) is 23.7 Å². The predicted octanol–water partition coefficient (Wildman–Crippen LogP) is 3.34. The molecule has 0 atom stereocenters. The van der Waals surface area contributed by atoms with E-state index >= 15 is 0 Å². The van der Waals surface area contributed by atoms with Crippen molar-refractivity contribution >= 4 is 11.6 Å². The number of halogens is 1. The molecule has 0 aliphatic rings. The highest BCUT2D eigenvalue weighted by atomic mass is 35.5. The summed E-state index contributed by atoms with van der Waals surface area (Å²) in [6, 6.07) is 9.31. The van der Waals surface area contributed by atoms with Crippen molar-refractivity contribution in [3.63, 3.8) is 0 Å². The van der Waals surface area contributed by atoms with Crippen LogP contribution in [-0.2, 0) is 11.3 Å². The molecule has 0 unspecified atom stereocenters. The van der Waals surface area contributed by atoms with Gasteiger partial charge in [-0.25, -0.2) is 9.97 Å². The molecule has 19 heavy (non-hydrogen) atoms. The van der Waals surface area contributed by atoms with Gasteiger partial charge in [0.25, 0.3) is 0 Å². The van der Waals surface area contributed by atoms with E-state index < -0.39 is 0 Å². The van der Waals surface area contributed by atoms with E-state index in [1.165, 1.54) is 0 Å². The lowest BCUT2D eigenvalue weighted by molar-refractivity contribution is 0.181. The highest BCUT2D eigenvalue weighted by molar-refractivity contribution is 6.29. The predicted molar refractivity (Wildman–Crippen MR) is 74.4 cm³/mol. The third kappa shape index (κ3) is 3.66. The summed E-state index contributed by atoms with van der Waals surface area (Å²) in [4.78, 5) is 8.65. The van der Waals surface area contributed by atoms with E-state index in [2.05, 4.69) is 9.97 Å². The average molecular weight is 279 g/mol. The number of ether oxygens (including phenoxy) is 2. The van der Waals surface area contributed by atoms with Crippen molar-refractivity contribution in [3.8, 4) is 17.1 Å². The molecule has 0 saturated carbocycles. The third-order valence-corrected chi connectivity index (χ3v) is 2.64. The molecule has 1 aromatic carbocycles. The fourth-order valence-corrected chi connectivity index (χ4v) is 1.91. The zero-order valence-corrected chi connectivity index (χ0v) is 11.6. The number of aromatic nitrogens is 2. The standard InChI is InChI=1S/C14H15ClN2O2/c1-3-19-12-6-4-5-10(7-12)14-16-11(9-18-2)8-13(15)17-14/h4-8H,3,9H2,1-2H3. The molecule has 1 aromatic heterocycles. The molecule has 0 saturated heterocycles. The molecule has 2 aromatic rings. The smallest absolute Gasteiger partial charge is 0.161 e. The maximum atomic E-state index is 6.00. The molecular weight excluding hydrogens is 264 g/mol. The second-order valence-electron chi connectivity index (χ2n) is 3.90. The number of methoxy groups -OCH3 is 1. The van der Waals surface area contributed by atoms with Crippen LogP contribution in [-0.4, -0.2) is 23.7 Å². The van der Waals surface area contributed by atoms with Crippen LogP contribution < -0.4 is 4.74 Å². The largest absolute Gasteiger partial charge is 0.494 e. The molecule has 100 valence electrons. The number of hydrogen-bond donors (Lipinski definition) is 0.